The quantitative estimate of drug-likeness (QED) is 0.548. The van der Waals surface area contributed by atoms with Crippen molar-refractivity contribution in [2.45, 2.75) is 26.2 Å². The molecule has 1 heterocycles. The molecule has 2 aromatic carbocycles. The van der Waals surface area contributed by atoms with Gasteiger partial charge in [0.2, 0.25) is 6.23 Å². The third kappa shape index (κ3) is 5.39. The molecule has 0 unspecified atom stereocenters. The molecule has 0 aliphatic carbocycles. The molecule has 1 aliphatic rings. The molecule has 0 bridgehead atoms. The van der Waals surface area contributed by atoms with Crippen molar-refractivity contribution in [3.8, 4) is 17.6 Å². The van der Waals surface area contributed by atoms with Crippen LogP contribution in [0, 0.1) is 11.3 Å². The number of nitriles is 1. The Morgan fingerprint density at radius 2 is 2.06 bits per heavy atom. The molecule has 10 nitrogen and oxygen atoms in total. The Bertz CT molecular complexity index is 1110. The Balaban J connectivity index is 1.75. The van der Waals surface area contributed by atoms with E-state index in [0.717, 1.165) is 5.56 Å². The van der Waals surface area contributed by atoms with Crippen molar-refractivity contribution in [3.63, 3.8) is 0 Å². The number of carbonyl (C=O) groups is 3. The fourth-order valence-electron chi connectivity index (χ4n) is 3.42. The van der Waals surface area contributed by atoms with E-state index in [9.17, 15) is 14.4 Å². The van der Waals surface area contributed by atoms with Gasteiger partial charge in [-0.05, 0) is 42.8 Å². The third-order valence-corrected chi connectivity index (χ3v) is 5.00. The molecule has 1 aliphatic heterocycles. The normalized spacial score (nSPS) is 13.1. The van der Waals surface area contributed by atoms with Crippen LogP contribution in [0.3, 0.4) is 0 Å². The van der Waals surface area contributed by atoms with Crippen LogP contribution in [0.2, 0.25) is 0 Å². The lowest BCUT2D eigenvalue weighted by atomic mass is 10.1. The van der Waals surface area contributed by atoms with E-state index in [1.165, 1.54) is 18.1 Å². The SMILES string of the molecule is CCO[C@@H](C(=O)NCc1ccc(C#N)cc1OCC(N)=O)N1Cc2cc(OC)ccc2C1=O. The summed E-state index contributed by atoms with van der Waals surface area (Å²) in [6, 6.07) is 11.7. The van der Waals surface area contributed by atoms with Gasteiger partial charge in [-0.2, -0.15) is 5.26 Å². The van der Waals surface area contributed by atoms with E-state index in [4.69, 9.17) is 25.2 Å². The van der Waals surface area contributed by atoms with Crippen LogP contribution in [0.4, 0.5) is 0 Å². The first-order valence-corrected chi connectivity index (χ1v) is 10.2. The van der Waals surface area contributed by atoms with E-state index in [0.29, 0.717) is 22.4 Å². The predicted molar refractivity (Wildman–Crippen MR) is 116 cm³/mol. The summed E-state index contributed by atoms with van der Waals surface area (Å²) in [5.41, 5.74) is 7.22. The summed E-state index contributed by atoms with van der Waals surface area (Å²) in [5.74, 6) is -0.643. The van der Waals surface area contributed by atoms with Crippen LogP contribution in [-0.4, -0.2) is 49.2 Å². The lowest BCUT2D eigenvalue weighted by Crippen LogP contribution is -2.48. The van der Waals surface area contributed by atoms with Gasteiger partial charge in [0.1, 0.15) is 11.5 Å². The number of nitrogens with two attached hydrogens (primary N) is 1. The van der Waals surface area contributed by atoms with Gasteiger partial charge in [0.15, 0.2) is 6.61 Å². The molecule has 3 rings (SSSR count). The van der Waals surface area contributed by atoms with Crippen LogP contribution in [0.1, 0.15) is 34.0 Å². The minimum Gasteiger partial charge on any atom is -0.497 e. The smallest absolute Gasteiger partial charge is 0.270 e. The Morgan fingerprint density at radius 3 is 2.73 bits per heavy atom. The summed E-state index contributed by atoms with van der Waals surface area (Å²) in [4.78, 5) is 38.3. The zero-order valence-corrected chi connectivity index (χ0v) is 18.3. The number of carbonyl (C=O) groups excluding carboxylic acids is 3. The van der Waals surface area contributed by atoms with Gasteiger partial charge < -0.3 is 30.2 Å². The van der Waals surface area contributed by atoms with E-state index in [1.807, 2.05) is 6.07 Å². The number of fused-ring (bicyclic) bond motifs is 1. The average molecular weight is 452 g/mol. The van der Waals surface area contributed by atoms with Gasteiger partial charge in [-0.1, -0.05) is 6.07 Å². The Morgan fingerprint density at radius 1 is 1.27 bits per heavy atom. The van der Waals surface area contributed by atoms with E-state index < -0.39 is 18.0 Å². The highest BCUT2D eigenvalue weighted by Gasteiger charge is 2.37. The summed E-state index contributed by atoms with van der Waals surface area (Å²) < 4.78 is 16.2. The van der Waals surface area contributed by atoms with Crippen molar-refractivity contribution >= 4 is 17.7 Å². The van der Waals surface area contributed by atoms with Crippen molar-refractivity contribution in [3.05, 3.63) is 58.7 Å². The summed E-state index contributed by atoms with van der Waals surface area (Å²) in [7, 11) is 1.54. The summed E-state index contributed by atoms with van der Waals surface area (Å²) in [6.07, 6.45) is -1.14. The topological polar surface area (TPSA) is 144 Å². The Hall–Kier alpha value is -4.10. The summed E-state index contributed by atoms with van der Waals surface area (Å²) >= 11 is 0. The lowest BCUT2D eigenvalue weighted by molar-refractivity contribution is -0.143. The molecule has 0 fully saturated rings. The molecule has 0 spiro atoms. The number of rotatable bonds is 10. The largest absolute Gasteiger partial charge is 0.497 e. The molecular weight excluding hydrogens is 428 g/mol. The molecule has 3 amide bonds. The van der Waals surface area contributed by atoms with Crippen LogP contribution in [0.15, 0.2) is 36.4 Å². The highest BCUT2D eigenvalue weighted by atomic mass is 16.5. The molecule has 172 valence electrons. The molecule has 33 heavy (non-hydrogen) atoms. The third-order valence-electron chi connectivity index (χ3n) is 5.00. The van der Waals surface area contributed by atoms with E-state index in [-0.39, 0.29) is 38.0 Å². The maximum Gasteiger partial charge on any atom is 0.270 e. The molecular formula is C23H24N4O6. The Labute approximate surface area is 190 Å². The van der Waals surface area contributed by atoms with Gasteiger partial charge in [0.05, 0.1) is 18.7 Å². The molecule has 2 aromatic rings. The maximum absolute atomic E-state index is 13.0. The molecule has 0 aromatic heterocycles. The summed E-state index contributed by atoms with van der Waals surface area (Å²) in [6.45, 7) is 1.79. The van der Waals surface area contributed by atoms with Crippen LogP contribution in [0.25, 0.3) is 0 Å². The highest BCUT2D eigenvalue weighted by Crippen LogP contribution is 2.28. The number of nitrogens with zero attached hydrogens (tertiary/aromatic N) is 2. The van der Waals surface area contributed by atoms with Crippen LogP contribution >= 0.6 is 0 Å². The number of hydrogen-bond donors (Lipinski definition) is 2. The van der Waals surface area contributed by atoms with Gasteiger partial charge in [-0.25, -0.2) is 0 Å². The van der Waals surface area contributed by atoms with E-state index >= 15 is 0 Å². The fraction of sp³-hybridized carbons (Fsp3) is 0.304. The first-order chi connectivity index (χ1) is 15.9. The van der Waals surface area contributed by atoms with Crippen LogP contribution < -0.4 is 20.5 Å². The summed E-state index contributed by atoms with van der Waals surface area (Å²) in [5, 5.41) is 11.8. The fourth-order valence-corrected chi connectivity index (χ4v) is 3.42. The second-order valence-electron chi connectivity index (χ2n) is 7.17. The first kappa shape index (κ1) is 23.6. The van der Waals surface area contributed by atoms with E-state index in [2.05, 4.69) is 5.32 Å². The number of amides is 3. The standard InChI is InChI=1S/C23H24N4O6/c1-3-32-23(27-12-16-9-17(31-2)6-7-18(16)22(27)30)21(29)26-11-15-5-4-14(10-24)8-19(15)33-13-20(25)28/h4-9,23H,3,11-13H2,1-2H3,(H2,25,28)(H,26,29)/t23-/m0/s1. The van der Waals surface area contributed by atoms with Crippen molar-refractivity contribution < 1.29 is 28.6 Å². The molecule has 0 saturated carbocycles. The molecule has 0 radical (unpaired) electrons. The minimum absolute atomic E-state index is 0.0189. The van der Waals surface area contributed by atoms with Crippen molar-refractivity contribution in [1.29, 1.82) is 5.26 Å². The molecule has 1 atom stereocenters. The lowest BCUT2D eigenvalue weighted by Gasteiger charge is -2.26. The van der Waals surface area contributed by atoms with Gasteiger partial charge in [0, 0.05) is 30.8 Å². The predicted octanol–water partition coefficient (Wildman–Crippen LogP) is 1.07. The molecule has 0 saturated heterocycles. The highest BCUT2D eigenvalue weighted by molar-refractivity contribution is 6.01. The van der Waals surface area contributed by atoms with Gasteiger partial charge in [-0.15, -0.1) is 0 Å². The number of methoxy groups -OCH3 is 1. The van der Waals surface area contributed by atoms with Crippen molar-refractivity contribution in [2.24, 2.45) is 5.73 Å². The zero-order valence-electron chi connectivity index (χ0n) is 18.3. The molecule has 10 heteroatoms. The number of hydrogen-bond acceptors (Lipinski definition) is 7. The zero-order chi connectivity index (χ0) is 24.0. The Kier molecular flexibility index (Phi) is 7.48. The maximum atomic E-state index is 13.0. The number of primary amides is 1. The van der Waals surface area contributed by atoms with Gasteiger partial charge in [0.25, 0.3) is 17.7 Å². The van der Waals surface area contributed by atoms with Crippen molar-refractivity contribution in [2.75, 3.05) is 20.3 Å². The second kappa shape index (κ2) is 10.5. The minimum atomic E-state index is -1.14. The van der Waals surface area contributed by atoms with Crippen LogP contribution in [-0.2, 0) is 27.4 Å². The number of ether oxygens (including phenoxy) is 3. The monoisotopic (exact) mass is 452 g/mol. The average Bonchev–Trinajstić information content (AvgIpc) is 3.14. The van der Waals surface area contributed by atoms with Gasteiger partial charge >= 0.3 is 0 Å². The van der Waals surface area contributed by atoms with E-state index in [1.54, 1.807) is 37.3 Å². The number of benzene rings is 2. The number of nitrogens with one attached hydrogen (secondary N) is 1. The second-order valence-corrected chi connectivity index (χ2v) is 7.17. The first-order valence-electron chi connectivity index (χ1n) is 10.2. The van der Waals surface area contributed by atoms with Crippen LogP contribution in [0.5, 0.6) is 11.5 Å². The van der Waals surface area contributed by atoms with Gasteiger partial charge in [-0.3, -0.25) is 14.4 Å². The van der Waals surface area contributed by atoms with Crippen molar-refractivity contribution in [1.82, 2.24) is 10.2 Å². The molecule has 3 N–H and O–H groups in total.